The van der Waals surface area contributed by atoms with Crippen LogP contribution in [0.25, 0.3) is 27.6 Å². The van der Waals surface area contributed by atoms with E-state index in [9.17, 15) is 0 Å². The smallest absolute Gasteiger partial charge is 0.135 e. The molecule has 2 aromatic heterocycles. The Morgan fingerprint density at radius 1 is 0.434 bits per heavy atom. The number of hydrogen-bond donors (Lipinski definition) is 0. The predicted molar refractivity (Wildman–Crippen MR) is 317 cm³/mol. The van der Waals surface area contributed by atoms with Gasteiger partial charge in [0.1, 0.15) is 13.9 Å². The number of aromatic nitrogens is 2. The molecular weight excluding hydrogens is 1120 g/mol. The molecule has 12 rings (SSSR count). The third-order valence-electron chi connectivity index (χ3n) is 15.7. The average molecular weight is 1180 g/mol. The van der Waals surface area contributed by atoms with Gasteiger partial charge in [0.25, 0.3) is 0 Å². The molecule has 0 radical (unpaired) electrons. The van der Waals surface area contributed by atoms with Crippen molar-refractivity contribution in [3.63, 3.8) is 0 Å². The molecule has 0 N–H and O–H groups in total. The van der Waals surface area contributed by atoms with E-state index in [2.05, 4.69) is 312 Å². The molecule has 0 fully saturated rings. The fourth-order valence-electron chi connectivity index (χ4n) is 11.5. The van der Waals surface area contributed by atoms with E-state index in [0.29, 0.717) is 0 Å². The molecule has 76 heavy (non-hydrogen) atoms. The van der Waals surface area contributed by atoms with Gasteiger partial charge in [0.2, 0.25) is 0 Å². The second-order valence-electron chi connectivity index (χ2n) is 22.3. The molecule has 3 heterocycles. The van der Waals surface area contributed by atoms with E-state index in [-0.39, 0.29) is 31.9 Å². The van der Waals surface area contributed by atoms with Crippen LogP contribution in [0.5, 0.6) is 0 Å². The third kappa shape index (κ3) is 8.64. The Kier molecular flexibility index (Phi) is 13.2. The predicted octanol–water partition coefficient (Wildman–Crippen LogP) is 14.5. The van der Waals surface area contributed by atoms with Crippen LogP contribution in [0.2, 0.25) is 0 Å². The summed E-state index contributed by atoms with van der Waals surface area (Å²) in [7, 11) is -3.23. The van der Waals surface area contributed by atoms with Crippen molar-refractivity contribution in [1.82, 2.24) is 9.55 Å². The first-order chi connectivity index (χ1) is 36.3. The van der Waals surface area contributed by atoms with Gasteiger partial charge in [0, 0.05) is 55.3 Å². The normalized spacial score (nSPS) is 13.0. The Morgan fingerprint density at radius 3 is 1.55 bits per heavy atom. The van der Waals surface area contributed by atoms with Crippen LogP contribution in [0.4, 0.5) is 22.7 Å². The molecule has 11 aromatic rings. The molecule has 4 nitrogen and oxygen atoms in total. The van der Waals surface area contributed by atoms with Crippen LogP contribution >= 0.6 is 0 Å². The molecular formula is C70H61N4PtSi-3. The van der Waals surface area contributed by atoms with Gasteiger partial charge in [-0.25, -0.2) is 4.98 Å². The molecule has 378 valence electrons. The number of nitrogens with zero attached hydrogens (tertiary/aromatic N) is 4. The average Bonchev–Trinajstić information content (AvgIpc) is 4.09. The van der Waals surface area contributed by atoms with Gasteiger partial charge in [-0.1, -0.05) is 205 Å². The third-order valence-corrected chi connectivity index (χ3v) is 20.3. The van der Waals surface area contributed by atoms with Gasteiger partial charge in [-0.2, -0.15) is 52.8 Å². The maximum absolute atomic E-state index is 5.22. The van der Waals surface area contributed by atoms with Gasteiger partial charge in [-0.05, 0) is 104 Å². The summed E-state index contributed by atoms with van der Waals surface area (Å²) in [5.41, 5.74) is 12.2. The van der Waals surface area contributed by atoms with Crippen LogP contribution in [-0.2, 0) is 37.3 Å². The van der Waals surface area contributed by atoms with Crippen LogP contribution in [-0.4, -0.2) is 17.6 Å². The molecule has 0 unspecified atom stereocenters. The Hall–Kier alpha value is -7.56. The molecule has 0 atom stereocenters. The monoisotopic (exact) mass is 1180 g/mol. The van der Waals surface area contributed by atoms with E-state index in [1.807, 2.05) is 6.20 Å². The zero-order valence-corrected chi connectivity index (χ0v) is 47.5. The molecule has 0 bridgehead atoms. The SMILES string of the molecule is CC(C)(C)c1cc(N2[CH-]N(c3[c-]c([Si](c4[c-]c5c(cc4)c4ccccc4n5-c4cc(C(C)(c5ccccc5)c5ccccc5)ccn4)(c4ccccc4)c4ccccc4)ccc3)c3ccccc32)cc(C(C)(C)C)c1.[Pt]. The van der Waals surface area contributed by atoms with Gasteiger partial charge in [-0.3, -0.25) is 0 Å². The Labute approximate surface area is 464 Å². The molecule has 1 aliphatic rings. The fraction of sp³-hybridized carbons (Fsp3) is 0.143. The van der Waals surface area contributed by atoms with Gasteiger partial charge >= 0.3 is 0 Å². The number of benzene rings is 9. The molecule has 0 saturated heterocycles. The zero-order valence-electron chi connectivity index (χ0n) is 44.2. The topological polar surface area (TPSA) is 24.3 Å². The number of rotatable bonds is 10. The summed E-state index contributed by atoms with van der Waals surface area (Å²) in [5.74, 6) is 0.848. The van der Waals surface area contributed by atoms with Crippen LogP contribution < -0.4 is 30.5 Å². The first-order valence-electron chi connectivity index (χ1n) is 26.2. The Morgan fingerprint density at radius 2 is 0.961 bits per heavy atom. The largest absolute Gasteiger partial charge is 0.493 e. The van der Waals surface area contributed by atoms with E-state index in [0.717, 1.165) is 66.3 Å². The first-order valence-corrected chi connectivity index (χ1v) is 28.2. The number of pyridine rings is 1. The summed E-state index contributed by atoms with van der Waals surface area (Å²) in [6.45, 7) is 18.4. The summed E-state index contributed by atoms with van der Waals surface area (Å²) < 4.78 is 2.34. The van der Waals surface area contributed by atoms with Crippen molar-refractivity contribution < 1.29 is 21.1 Å². The van der Waals surface area contributed by atoms with Crippen LogP contribution in [0.1, 0.15) is 76.3 Å². The molecule has 0 aliphatic carbocycles. The van der Waals surface area contributed by atoms with Crippen molar-refractivity contribution in [3.05, 3.63) is 283 Å². The molecule has 0 spiro atoms. The van der Waals surface area contributed by atoms with E-state index in [4.69, 9.17) is 4.98 Å². The second-order valence-corrected chi connectivity index (χ2v) is 26.0. The standard InChI is InChI=1S/C70H61N4Si.Pt/c1-68(2,3)53-43-54(69(4,5)6)45-56(44-53)73-49-72(64-37-22-23-38-65(64)73)55-29-24-34-59(47-55)75(57-30-16-10-17-31-57,58-32-18-11-19-33-58)60-39-40-62-61-35-20-21-36-63(61)74(66(62)48-60)67-46-52(41-42-71-67)70(7,50-25-12-8-13-26-50)51-27-14-9-15-28-51;/h8-46,49H,1-7H3;/q-3;. The Bertz CT molecular complexity index is 3750. The molecule has 0 amide bonds. The van der Waals surface area contributed by atoms with Crippen molar-refractivity contribution in [2.45, 2.75) is 64.7 Å². The van der Waals surface area contributed by atoms with Gasteiger partial charge in [-0.15, -0.1) is 17.7 Å². The minimum atomic E-state index is -3.23. The molecule has 0 saturated carbocycles. The molecule has 9 aromatic carbocycles. The van der Waals surface area contributed by atoms with Crippen molar-refractivity contribution in [2.24, 2.45) is 0 Å². The van der Waals surface area contributed by atoms with Gasteiger partial charge < -0.3 is 14.4 Å². The number of fused-ring (bicyclic) bond motifs is 4. The van der Waals surface area contributed by atoms with Crippen molar-refractivity contribution in [2.75, 3.05) is 9.80 Å². The number of hydrogen-bond acceptors (Lipinski definition) is 3. The molecule has 1 aliphatic heterocycles. The summed E-state index contributed by atoms with van der Waals surface area (Å²) in [4.78, 5) is 9.92. The van der Waals surface area contributed by atoms with E-state index >= 15 is 0 Å². The van der Waals surface area contributed by atoms with E-state index in [1.54, 1.807) is 0 Å². The van der Waals surface area contributed by atoms with Crippen molar-refractivity contribution in [3.8, 4) is 5.82 Å². The van der Waals surface area contributed by atoms with Gasteiger partial charge in [0.05, 0.1) is 0 Å². The minimum absolute atomic E-state index is 0. The van der Waals surface area contributed by atoms with E-state index in [1.165, 1.54) is 32.6 Å². The fourth-order valence-corrected chi connectivity index (χ4v) is 16.0. The first kappa shape index (κ1) is 50.6. The summed E-state index contributed by atoms with van der Waals surface area (Å²) in [5, 5.41) is 7.08. The van der Waals surface area contributed by atoms with Crippen LogP contribution in [0.3, 0.4) is 0 Å². The second kappa shape index (κ2) is 19.9. The summed E-state index contributed by atoms with van der Waals surface area (Å²) in [6.07, 6.45) is 1.98. The maximum Gasteiger partial charge on any atom is 0.135 e. The molecule has 6 heteroatoms. The van der Waals surface area contributed by atoms with Gasteiger partial charge in [0.15, 0.2) is 0 Å². The summed E-state index contributed by atoms with van der Waals surface area (Å²) in [6, 6.07) is 92.9. The summed E-state index contributed by atoms with van der Waals surface area (Å²) >= 11 is 0. The van der Waals surface area contributed by atoms with Crippen LogP contribution in [0, 0.1) is 18.8 Å². The maximum atomic E-state index is 5.22. The zero-order chi connectivity index (χ0) is 51.5. The van der Waals surface area contributed by atoms with Crippen molar-refractivity contribution >= 4 is 73.4 Å². The minimum Gasteiger partial charge on any atom is -0.493 e. The number of para-hydroxylation sites is 3. The quantitative estimate of drug-likeness (QED) is 0.0775. The van der Waals surface area contributed by atoms with Crippen LogP contribution in [0.15, 0.2) is 237 Å². The number of anilines is 4. The van der Waals surface area contributed by atoms with Crippen molar-refractivity contribution in [1.29, 1.82) is 0 Å². The Balaban J connectivity index is 0.00000616. The van der Waals surface area contributed by atoms with E-state index < -0.39 is 13.5 Å².